The summed E-state index contributed by atoms with van der Waals surface area (Å²) in [6.07, 6.45) is 6.07. The smallest absolute Gasteiger partial charge is 0.271 e. The van der Waals surface area contributed by atoms with Crippen LogP contribution in [0.25, 0.3) is 0 Å². The third-order valence-corrected chi connectivity index (χ3v) is 2.36. The first kappa shape index (κ1) is 12.7. The van der Waals surface area contributed by atoms with E-state index >= 15 is 0 Å². The van der Waals surface area contributed by atoms with Crippen LogP contribution in [0.3, 0.4) is 0 Å². The number of aryl methyl sites for hydroxylation is 1. The molecule has 0 aliphatic rings. The molecule has 5 nitrogen and oxygen atoms in total. The Bertz CT molecular complexity index is 322. The van der Waals surface area contributed by atoms with E-state index in [9.17, 15) is 4.79 Å². The van der Waals surface area contributed by atoms with Crippen LogP contribution in [0.5, 0.6) is 0 Å². The van der Waals surface area contributed by atoms with E-state index in [1.54, 1.807) is 24.0 Å². The molecule has 0 aliphatic heterocycles. The zero-order valence-corrected chi connectivity index (χ0v) is 9.78. The van der Waals surface area contributed by atoms with Crippen molar-refractivity contribution in [3.63, 3.8) is 0 Å². The summed E-state index contributed by atoms with van der Waals surface area (Å²) in [5.41, 5.74) is 5.87. The maximum atomic E-state index is 11.5. The van der Waals surface area contributed by atoms with E-state index < -0.39 is 0 Å². The van der Waals surface area contributed by atoms with Crippen LogP contribution in [-0.4, -0.2) is 28.8 Å². The molecule has 0 atom stereocenters. The lowest BCUT2D eigenvalue weighted by Crippen LogP contribution is -2.25. The van der Waals surface area contributed by atoms with Crippen LogP contribution in [0.1, 0.15) is 36.2 Å². The van der Waals surface area contributed by atoms with Gasteiger partial charge in [0, 0.05) is 19.8 Å². The zero-order valence-electron chi connectivity index (χ0n) is 9.78. The molecule has 1 aromatic heterocycles. The summed E-state index contributed by atoms with van der Waals surface area (Å²) in [4.78, 5) is 11.5. The van der Waals surface area contributed by atoms with Gasteiger partial charge < -0.3 is 11.1 Å². The third-order valence-electron chi connectivity index (χ3n) is 2.36. The Kier molecular flexibility index (Phi) is 5.56. The average Bonchev–Trinajstić information content (AvgIpc) is 2.70. The van der Waals surface area contributed by atoms with Crippen LogP contribution in [0.4, 0.5) is 0 Å². The van der Waals surface area contributed by atoms with Crippen LogP contribution in [0, 0.1) is 0 Å². The molecule has 0 radical (unpaired) electrons. The Morgan fingerprint density at radius 2 is 2.19 bits per heavy atom. The molecule has 0 aromatic carbocycles. The highest BCUT2D eigenvalue weighted by Gasteiger charge is 2.06. The van der Waals surface area contributed by atoms with Crippen molar-refractivity contribution in [2.24, 2.45) is 12.8 Å². The van der Waals surface area contributed by atoms with E-state index in [1.165, 1.54) is 0 Å². The lowest BCUT2D eigenvalue weighted by atomic mass is 10.2. The number of nitrogens with two attached hydrogens (primary N) is 1. The highest BCUT2D eigenvalue weighted by atomic mass is 16.1. The van der Waals surface area contributed by atoms with E-state index in [1.807, 2.05) is 0 Å². The lowest BCUT2D eigenvalue weighted by Gasteiger charge is -2.02. The van der Waals surface area contributed by atoms with Crippen LogP contribution in [-0.2, 0) is 7.05 Å². The number of carbonyl (C=O) groups excluding carboxylic acids is 1. The Balaban J connectivity index is 2.11. The van der Waals surface area contributed by atoms with Gasteiger partial charge in [-0.1, -0.05) is 12.8 Å². The summed E-state index contributed by atoms with van der Waals surface area (Å²) in [5.74, 6) is -0.0978. The van der Waals surface area contributed by atoms with Gasteiger partial charge in [0.1, 0.15) is 5.69 Å². The number of amides is 1. The van der Waals surface area contributed by atoms with Crippen LogP contribution in [0.2, 0.25) is 0 Å². The van der Waals surface area contributed by atoms with E-state index in [4.69, 9.17) is 5.73 Å². The predicted octanol–water partition coefficient (Wildman–Crippen LogP) is 0.669. The maximum absolute atomic E-state index is 11.5. The molecule has 0 spiro atoms. The minimum absolute atomic E-state index is 0.0978. The number of nitrogens with zero attached hydrogens (tertiary/aromatic N) is 2. The monoisotopic (exact) mass is 224 g/mol. The molecule has 1 amide bonds. The van der Waals surface area contributed by atoms with Gasteiger partial charge in [-0.15, -0.1) is 0 Å². The van der Waals surface area contributed by atoms with Crippen molar-refractivity contribution in [2.45, 2.75) is 25.7 Å². The van der Waals surface area contributed by atoms with Crippen molar-refractivity contribution >= 4 is 5.91 Å². The molecule has 0 saturated heterocycles. The molecule has 0 aliphatic carbocycles. The van der Waals surface area contributed by atoms with Crippen molar-refractivity contribution in [3.8, 4) is 0 Å². The van der Waals surface area contributed by atoms with Crippen LogP contribution < -0.4 is 11.1 Å². The number of hydrogen-bond acceptors (Lipinski definition) is 3. The molecule has 1 heterocycles. The summed E-state index contributed by atoms with van der Waals surface area (Å²) in [5, 5.41) is 6.87. The quantitative estimate of drug-likeness (QED) is 0.668. The number of hydrogen-bond donors (Lipinski definition) is 2. The minimum Gasteiger partial charge on any atom is -0.351 e. The highest BCUT2D eigenvalue weighted by molar-refractivity contribution is 5.92. The van der Waals surface area contributed by atoms with Gasteiger partial charge in [-0.2, -0.15) is 5.10 Å². The first-order valence-corrected chi connectivity index (χ1v) is 5.72. The third kappa shape index (κ3) is 4.44. The molecular weight excluding hydrogens is 204 g/mol. The molecule has 3 N–H and O–H groups in total. The number of rotatable bonds is 7. The van der Waals surface area contributed by atoms with Gasteiger partial charge in [-0.05, 0) is 25.5 Å². The fraction of sp³-hybridized carbons (Fsp3) is 0.636. The second-order valence-electron chi connectivity index (χ2n) is 3.83. The van der Waals surface area contributed by atoms with Crippen molar-refractivity contribution in [1.29, 1.82) is 0 Å². The lowest BCUT2D eigenvalue weighted by molar-refractivity contribution is 0.0947. The Labute approximate surface area is 96.0 Å². The van der Waals surface area contributed by atoms with Gasteiger partial charge in [-0.25, -0.2) is 0 Å². The Hall–Kier alpha value is -1.36. The second kappa shape index (κ2) is 7.00. The van der Waals surface area contributed by atoms with Gasteiger partial charge >= 0.3 is 0 Å². The molecule has 1 rings (SSSR count). The Morgan fingerprint density at radius 3 is 2.81 bits per heavy atom. The topological polar surface area (TPSA) is 72.9 Å². The first-order valence-electron chi connectivity index (χ1n) is 5.72. The molecule has 5 heteroatoms. The second-order valence-corrected chi connectivity index (χ2v) is 3.83. The molecule has 16 heavy (non-hydrogen) atoms. The minimum atomic E-state index is -0.0978. The summed E-state index contributed by atoms with van der Waals surface area (Å²) >= 11 is 0. The molecule has 0 unspecified atom stereocenters. The standard InChI is InChI=1S/C11H20N4O/c1-15-9-6-10(14-15)11(16)13-8-5-3-2-4-7-12/h6,9H,2-5,7-8,12H2,1H3,(H,13,16). The van der Waals surface area contributed by atoms with Crippen LogP contribution >= 0.6 is 0 Å². The number of carbonyl (C=O) groups is 1. The van der Waals surface area contributed by atoms with Crippen molar-refractivity contribution in [3.05, 3.63) is 18.0 Å². The number of nitrogens with one attached hydrogen (secondary N) is 1. The normalized spacial score (nSPS) is 10.4. The first-order chi connectivity index (χ1) is 7.74. The van der Waals surface area contributed by atoms with Crippen molar-refractivity contribution in [2.75, 3.05) is 13.1 Å². The average molecular weight is 224 g/mol. The van der Waals surface area contributed by atoms with Gasteiger partial charge in [0.25, 0.3) is 5.91 Å². The van der Waals surface area contributed by atoms with E-state index in [0.29, 0.717) is 12.2 Å². The van der Waals surface area contributed by atoms with Gasteiger partial charge in [0.05, 0.1) is 0 Å². The summed E-state index contributed by atoms with van der Waals surface area (Å²) in [6.45, 7) is 1.46. The van der Waals surface area contributed by atoms with E-state index in [-0.39, 0.29) is 5.91 Å². The summed E-state index contributed by atoms with van der Waals surface area (Å²) in [6, 6.07) is 1.71. The fourth-order valence-corrected chi connectivity index (χ4v) is 1.45. The number of aromatic nitrogens is 2. The van der Waals surface area contributed by atoms with Crippen molar-refractivity contribution in [1.82, 2.24) is 15.1 Å². The van der Waals surface area contributed by atoms with E-state index in [0.717, 1.165) is 32.2 Å². The predicted molar refractivity (Wildman–Crippen MR) is 63.1 cm³/mol. The molecule has 1 aromatic rings. The maximum Gasteiger partial charge on any atom is 0.271 e. The van der Waals surface area contributed by atoms with E-state index in [2.05, 4.69) is 10.4 Å². The fourth-order valence-electron chi connectivity index (χ4n) is 1.45. The molecule has 90 valence electrons. The van der Waals surface area contributed by atoms with Crippen LogP contribution in [0.15, 0.2) is 12.3 Å². The SMILES string of the molecule is Cn1ccc(C(=O)NCCCCCCN)n1. The van der Waals surface area contributed by atoms with Gasteiger partial charge in [0.15, 0.2) is 0 Å². The summed E-state index contributed by atoms with van der Waals surface area (Å²) < 4.78 is 1.62. The molecule has 0 saturated carbocycles. The zero-order chi connectivity index (χ0) is 11.8. The highest BCUT2D eigenvalue weighted by Crippen LogP contribution is 1.98. The Morgan fingerprint density at radius 1 is 1.44 bits per heavy atom. The molecular formula is C11H20N4O. The van der Waals surface area contributed by atoms with Gasteiger partial charge in [0.2, 0.25) is 0 Å². The molecule has 0 bridgehead atoms. The van der Waals surface area contributed by atoms with Gasteiger partial charge in [-0.3, -0.25) is 9.48 Å². The summed E-state index contributed by atoms with van der Waals surface area (Å²) in [7, 11) is 1.80. The largest absolute Gasteiger partial charge is 0.351 e. The molecule has 0 fully saturated rings. The van der Waals surface area contributed by atoms with Crippen molar-refractivity contribution < 1.29 is 4.79 Å². The number of unbranched alkanes of at least 4 members (excludes halogenated alkanes) is 3.